The number of carbonyl (C=O) groups excluding carboxylic acids is 1. The molecule has 0 aromatic rings. The molecule has 0 aromatic heterocycles. The van der Waals surface area contributed by atoms with Crippen LogP contribution in [0.25, 0.3) is 0 Å². The van der Waals surface area contributed by atoms with Crippen molar-refractivity contribution in [1.29, 1.82) is 0 Å². The molecule has 7 nitrogen and oxygen atoms in total. The van der Waals surface area contributed by atoms with Crippen molar-refractivity contribution in [1.82, 2.24) is 10.2 Å². The van der Waals surface area contributed by atoms with Gasteiger partial charge in [0.2, 0.25) is 5.91 Å². The van der Waals surface area contributed by atoms with Crippen LogP contribution in [0, 0.1) is 11.8 Å². The zero-order valence-electron chi connectivity index (χ0n) is 14.0. The van der Waals surface area contributed by atoms with Crippen LogP contribution >= 0.6 is 0 Å². The van der Waals surface area contributed by atoms with Gasteiger partial charge in [-0.15, -0.1) is 0 Å². The Bertz CT molecular complexity index is 566. The number of piperazine rings is 1. The lowest BCUT2D eigenvalue weighted by Crippen LogP contribution is -2.63. The molecule has 0 aromatic carbocycles. The van der Waals surface area contributed by atoms with Gasteiger partial charge in [0.1, 0.15) is 12.2 Å². The van der Waals surface area contributed by atoms with Crippen LogP contribution < -0.4 is 5.32 Å². The number of quaternary nitrogens is 1. The maximum Gasteiger partial charge on any atom is 0.352 e. The first-order chi connectivity index (χ1) is 10.8. The van der Waals surface area contributed by atoms with Crippen molar-refractivity contribution >= 4 is 11.9 Å². The Balaban J connectivity index is 1.91. The largest absolute Gasteiger partial charge is 0.477 e. The summed E-state index contributed by atoms with van der Waals surface area (Å²) in [5.74, 6) is -1.80. The summed E-state index contributed by atoms with van der Waals surface area (Å²) in [5.41, 5.74) is 1.01. The van der Waals surface area contributed by atoms with Crippen LogP contribution in [-0.2, 0) is 9.59 Å². The van der Waals surface area contributed by atoms with E-state index in [9.17, 15) is 19.8 Å². The number of likely N-dealkylation sites (N-methyl/N-ethyl adjacent to an activating group) is 1. The summed E-state index contributed by atoms with van der Waals surface area (Å²) in [5, 5.41) is 22.8. The SMILES string of the molecule is CC(O)C1C(=O)N2C(C(=O)O)=C(C[N+]3(C)CCNCC3)C(C)C12. The predicted molar refractivity (Wildman–Crippen MR) is 83.3 cm³/mol. The Hall–Kier alpha value is -1.44. The molecule has 1 amide bonds. The number of rotatable bonds is 4. The molecule has 23 heavy (non-hydrogen) atoms. The summed E-state index contributed by atoms with van der Waals surface area (Å²) in [6, 6.07) is -0.210. The van der Waals surface area contributed by atoms with Crippen molar-refractivity contribution in [3.05, 3.63) is 11.3 Å². The molecule has 0 bridgehead atoms. The molecule has 7 heteroatoms. The quantitative estimate of drug-likeness (QED) is 0.467. The van der Waals surface area contributed by atoms with E-state index in [2.05, 4.69) is 12.4 Å². The highest BCUT2D eigenvalue weighted by Gasteiger charge is 2.60. The minimum Gasteiger partial charge on any atom is -0.477 e. The second-order valence-corrected chi connectivity index (χ2v) is 7.41. The zero-order chi connectivity index (χ0) is 16.9. The molecule has 0 saturated carbocycles. The molecule has 128 valence electrons. The molecular formula is C16H26N3O4+. The number of carboxylic acids is 1. The Morgan fingerprint density at radius 2 is 2.04 bits per heavy atom. The van der Waals surface area contributed by atoms with E-state index in [0.717, 1.165) is 36.2 Å². The first kappa shape index (κ1) is 16.4. The Morgan fingerprint density at radius 3 is 2.57 bits per heavy atom. The minimum atomic E-state index is -1.03. The normalized spacial score (nSPS) is 34.2. The van der Waals surface area contributed by atoms with Crippen molar-refractivity contribution < 1.29 is 24.3 Å². The van der Waals surface area contributed by atoms with E-state index in [1.165, 1.54) is 4.90 Å². The summed E-state index contributed by atoms with van der Waals surface area (Å²) in [7, 11) is 2.14. The predicted octanol–water partition coefficient (Wildman–Crippen LogP) is -0.768. The average molecular weight is 324 g/mol. The van der Waals surface area contributed by atoms with Gasteiger partial charge >= 0.3 is 5.97 Å². The van der Waals surface area contributed by atoms with Crippen molar-refractivity contribution in [3.63, 3.8) is 0 Å². The van der Waals surface area contributed by atoms with Crippen LogP contribution in [0.5, 0.6) is 0 Å². The number of aliphatic carboxylic acids is 1. The highest BCUT2D eigenvalue weighted by atomic mass is 16.4. The van der Waals surface area contributed by atoms with Gasteiger partial charge in [0.05, 0.1) is 38.2 Å². The number of nitrogens with zero attached hydrogens (tertiary/aromatic N) is 2. The van der Waals surface area contributed by atoms with Gasteiger partial charge in [-0.05, 0) is 6.92 Å². The average Bonchev–Trinajstić information content (AvgIpc) is 2.69. The van der Waals surface area contributed by atoms with Crippen molar-refractivity contribution in [2.24, 2.45) is 11.8 Å². The number of hydrogen-bond acceptors (Lipinski definition) is 4. The molecule has 4 atom stereocenters. The molecule has 2 fully saturated rings. The molecule has 0 aliphatic carbocycles. The highest BCUT2D eigenvalue weighted by molar-refractivity contribution is 6.00. The lowest BCUT2D eigenvalue weighted by molar-refractivity contribution is -0.906. The van der Waals surface area contributed by atoms with E-state index >= 15 is 0 Å². The van der Waals surface area contributed by atoms with Gasteiger partial charge in [0, 0.05) is 24.6 Å². The van der Waals surface area contributed by atoms with Crippen LogP contribution in [0.2, 0.25) is 0 Å². The van der Waals surface area contributed by atoms with Gasteiger partial charge in [0.25, 0.3) is 0 Å². The first-order valence-electron chi connectivity index (χ1n) is 8.28. The Kier molecular flexibility index (Phi) is 3.98. The molecule has 0 radical (unpaired) electrons. The summed E-state index contributed by atoms with van der Waals surface area (Å²) in [4.78, 5) is 25.5. The Labute approximate surface area is 136 Å². The number of amides is 1. The van der Waals surface area contributed by atoms with Gasteiger partial charge in [-0.3, -0.25) is 4.79 Å². The fourth-order valence-electron chi connectivity index (χ4n) is 4.36. The molecule has 3 rings (SSSR count). The van der Waals surface area contributed by atoms with Gasteiger partial charge in [-0.1, -0.05) is 6.92 Å². The maximum absolute atomic E-state index is 12.3. The van der Waals surface area contributed by atoms with E-state index in [1.54, 1.807) is 6.92 Å². The molecule has 3 aliphatic rings. The lowest BCUT2D eigenvalue weighted by atomic mass is 9.77. The summed E-state index contributed by atoms with van der Waals surface area (Å²) in [6.07, 6.45) is -0.746. The maximum atomic E-state index is 12.3. The molecule has 3 heterocycles. The number of carbonyl (C=O) groups is 2. The van der Waals surface area contributed by atoms with Gasteiger partial charge < -0.3 is 24.9 Å². The summed E-state index contributed by atoms with van der Waals surface area (Å²) >= 11 is 0. The van der Waals surface area contributed by atoms with E-state index in [4.69, 9.17) is 0 Å². The standard InChI is InChI=1S/C16H25N3O4/c1-9-11(8-19(3)6-4-17-5-7-19)14(16(22)23)18-13(9)12(10(2)20)15(18)21/h9-10,12-13,17,20H,4-8H2,1-3H3/p+1. The van der Waals surface area contributed by atoms with Crippen LogP contribution in [0.3, 0.4) is 0 Å². The molecule has 2 saturated heterocycles. The molecule has 4 unspecified atom stereocenters. The van der Waals surface area contributed by atoms with Crippen molar-refractivity contribution in [3.8, 4) is 0 Å². The topological polar surface area (TPSA) is 89.9 Å². The molecular weight excluding hydrogens is 298 g/mol. The highest BCUT2D eigenvalue weighted by Crippen LogP contribution is 2.47. The van der Waals surface area contributed by atoms with E-state index in [1.807, 2.05) is 6.92 Å². The number of aliphatic hydroxyl groups excluding tert-OH is 1. The number of carboxylic acid groups (broad SMARTS) is 1. The molecule has 3 aliphatic heterocycles. The summed E-state index contributed by atoms with van der Waals surface area (Å²) in [6.45, 7) is 7.97. The van der Waals surface area contributed by atoms with E-state index < -0.39 is 18.0 Å². The van der Waals surface area contributed by atoms with Gasteiger partial charge in [-0.25, -0.2) is 4.79 Å². The van der Waals surface area contributed by atoms with Crippen LogP contribution in [0.15, 0.2) is 11.3 Å². The number of β-lactam (4-membered cyclic amide) rings is 1. The smallest absolute Gasteiger partial charge is 0.352 e. The van der Waals surface area contributed by atoms with Crippen LogP contribution in [0.4, 0.5) is 0 Å². The number of aliphatic hydroxyl groups is 1. The summed E-state index contributed by atoms with van der Waals surface area (Å²) < 4.78 is 0.789. The second kappa shape index (κ2) is 5.58. The number of fused-ring (bicyclic) bond motifs is 1. The minimum absolute atomic E-state index is 0.0248. The van der Waals surface area contributed by atoms with Gasteiger partial charge in [0.15, 0.2) is 0 Å². The Morgan fingerprint density at radius 1 is 1.43 bits per heavy atom. The number of hydrogen-bond donors (Lipinski definition) is 3. The van der Waals surface area contributed by atoms with Crippen LogP contribution in [-0.4, -0.2) is 83.4 Å². The monoisotopic (exact) mass is 324 g/mol. The molecule has 3 N–H and O–H groups in total. The third kappa shape index (κ3) is 2.47. The lowest BCUT2D eigenvalue weighted by Gasteiger charge is -2.46. The third-order valence-electron chi connectivity index (χ3n) is 5.73. The first-order valence-corrected chi connectivity index (χ1v) is 8.28. The second-order valence-electron chi connectivity index (χ2n) is 7.41. The van der Waals surface area contributed by atoms with Gasteiger partial charge in [-0.2, -0.15) is 0 Å². The fraction of sp³-hybridized carbons (Fsp3) is 0.750. The van der Waals surface area contributed by atoms with E-state index in [-0.39, 0.29) is 23.6 Å². The molecule has 0 spiro atoms. The van der Waals surface area contributed by atoms with Crippen LogP contribution in [0.1, 0.15) is 13.8 Å². The third-order valence-corrected chi connectivity index (χ3v) is 5.73. The van der Waals surface area contributed by atoms with Crippen molar-refractivity contribution in [2.45, 2.75) is 26.0 Å². The van der Waals surface area contributed by atoms with Crippen molar-refractivity contribution in [2.75, 3.05) is 39.8 Å². The van der Waals surface area contributed by atoms with E-state index in [0.29, 0.717) is 6.54 Å². The number of nitrogens with one attached hydrogen (secondary N) is 1. The fourth-order valence-corrected chi connectivity index (χ4v) is 4.36. The zero-order valence-corrected chi connectivity index (χ0v) is 14.0.